The maximum atomic E-state index is 5.63. The van der Waals surface area contributed by atoms with Gasteiger partial charge in [0, 0.05) is 17.6 Å². The molecule has 0 radical (unpaired) electrons. The highest BCUT2D eigenvalue weighted by Gasteiger charge is 2.09. The van der Waals surface area contributed by atoms with Gasteiger partial charge in [0.25, 0.3) is 0 Å². The van der Waals surface area contributed by atoms with Gasteiger partial charge < -0.3 is 15.0 Å². The van der Waals surface area contributed by atoms with Gasteiger partial charge in [0.15, 0.2) is 0 Å². The fourth-order valence-electron chi connectivity index (χ4n) is 2.22. The maximum absolute atomic E-state index is 5.63. The number of nitrogens with zero attached hydrogens (tertiary/aromatic N) is 1. The van der Waals surface area contributed by atoms with E-state index >= 15 is 0 Å². The summed E-state index contributed by atoms with van der Waals surface area (Å²) < 4.78 is 7.67. The summed E-state index contributed by atoms with van der Waals surface area (Å²) in [6, 6.07) is 8.33. The third-order valence-corrected chi connectivity index (χ3v) is 2.93. The van der Waals surface area contributed by atoms with Crippen LogP contribution >= 0.6 is 0 Å². The fourth-order valence-corrected chi connectivity index (χ4v) is 2.22. The quantitative estimate of drug-likeness (QED) is 0.854. The lowest BCUT2D eigenvalue weighted by atomic mass is 10.2. The molecule has 3 nitrogen and oxygen atoms in total. The van der Waals surface area contributed by atoms with Crippen molar-refractivity contribution in [3.63, 3.8) is 0 Å². The number of rotatable bonds is 4. The van der Waals surface area contributed by atoms with Crippen molar-refractivity contribution in [1.82, 2.24) is 4.57 Å². The van der Waals surface area contributed by atoms with Crippen LogP contribution in [-0.2, 0) is 13.0 Å². The Morgan fingerprint density at radius 1 is 1.38 bits per heavy atom. The second-order valence-electron chi connectivity index (χ2n) is 3.81. The van der Waals surface area contributed by atoms with Crippen LogP contribution in [0.3, 0.4) is 0 Å². The average molecular weight is 218 g/mol. The van der Waals surface area contributed by atoms with Crippen LogP contribution in [0.15, 0.2) is 24.3 Å². The van der Waals surface area contributed by atoms with Crippen molar-refractivity contribution in [2.45, 2.75) is 19.9 Å². The molecule has 2 aromatic rings. The summed E-state index contributed by atoms with van der Waals surface area (Å²) in [5.41, 5.74) is 8.14. The lowest BCUT2D eigenvalue weighted by Gasteiger charge is -2.07. The molecule has 0 saturated heterocycles. The Morgan fingerprint density at radius 3 is 2.81 bits per heavy atom. The highest BCUT2D eigenvalue weighted by atomic mass is 16.5. The van der Waals surface area contributed by atoms with Crippen molar-refractivity contribution in [1.29, 1.82) is 0 Å². The van der Waals surface area contributed by atoms with Crippen LogP contribution in [0.1, 0.15) is 12.6 Å². The summed E-state index contributed by atoms with van der Waals surface area (Å²) in [7, 11) is 1.71. The van der Waals surface area contributed by atoms with E-state index in [0.717, 1.165) is 18.7 Å². The van der Waals surface area contributed by atoms with Crippen LogP contribution < -0.4 is 10.5 Å². The zero-order valence-corrected chi connectivity index (χ0v) is 9.86. The van der Waals surface area contributed by atoms with E-state index in [1.165, 1.54) is 16.6 Å². The molecule has 2 N–H and O–H groups in total. The first-order valence-electron chi connectivity index (χ1n) is 5.67. The summed E-state index contributed by atoms with van der Waals surface area (Å²) >= 11 is 0. The predicted octanol–water partition coefficient (Wildman–Crippen LogP) is 2.17. The Hall–Kier alpha value is -1.48. The van der Waals surface area contributed by atoms with Crippen LogP contribution in [-0.4, -0.2) is 18.2 Å². The third-order valence-electron chi connectivity index (χ3n) is 2.93. The van der Waals surface area contributed by atoms with Crippen molar-refractivity contribution < 1.29 is 4.74 Å². The normalized spacial score (nSPS) is 10.9. The summed E-state index contributed by atoms with van der Waals surface area (Å²) in [4.78, 5) is 0. The largest absolute Gasteiger partial charge is 0.496 e. The Labute approximate surface area is 95.8 Å². The number of benzene rings is 1. The molecule has 0 unspecified atom stereocenters. The molecule has 3 heteroatoms. The minimum Gasteiger partial charge on any atom is -0.496 e. The van der Waals surface area contributed by atoms with E-state index in [9.17, 15) is 0 Å². The number of nitrogens with two attached hydrogens (primary N) is 1. The molecule has 0 atom stereocenters. The Morgan fingerprint density at radius 2 is 2.19 bits per heavy atom. The van der Waals surface area contributed by atoms with Gasteiger partial charge in [-0.05, 0) is 38.1 Å². The highest BCUT2D eigenvalue weighted by molar-refractivity contribution is 5.87. The molecule has 0 bridgehead atoms. The lowest BCUT2D eigenvalue weighted by Crippen LogP contribution is -2.07. The average Bonchev–Trinajstić information content (AvgIpc) is 2.66. The van der Waals surface area contributed by atoms with Gasteiger partial charge in [-0.3, -0.25) is 0 Å². The molecule has 1 aromatic heterocycles. The van der Waals surface area contributed by atoms with E-state index in [0.29, 0.717) is 6.54 Å². The lowest BCUT2D eigenvalue weighted by molar-refractivity contribution is 0.420. The van der Waals surface area contributed by atoms with Crippen LogP contribution in [0.4, 0.5) is 0 Å². The molecule has 0 aliphatic carbocycles. The molecule has 0 fully saturated rings. The number of aryl methyl sites for hydroxylation is 1. The maximum Gasteiger partial charge on any atom is 0.128 e. The van der Waals surface area contributed by atoms with Crippen molar-refractivity contribution in [2.24, 2.45) is 5.73 Å². The van der Waals surface area contributed by atoms with Gasteiger partial charge in [0.05, 0.1) is 12.6 Å². The monoisotopic (exact) mass is 218 g/mol. The standard InChI is InChI=1S/C13H18N2O/c1-3-15-10(7-8-14)9-11-12(15)5-4-6-13(11)16-2/h4-6,9H,3,7-8,14H2,1-2H3. The molecule has 0 spiro atoms. The first-order chi connectivity index (χ1) is 7.81. The highest BCUT2D eigenvalue weighted by Crippen LogP contribution is 2.28. The number of aromatic nitrogens is 1. The van der Waals surface area contributed by atoms with E-state index in [2.05, 4.69) is 23.6 Å². The zero-order valence-electron chi connectivity index (χ0n) is 9.86. The molecule has 0 aliphatic heterocycles. The summed E-state index contributed by atoms with van der Waals surface area (Å²) in [6.45, 7) is 3.80. The Kier molecular flexibility index (Phi) is 3.15. The van der Waals surface area contributed by atoms with E-state index < -0.39 is 0 Å². The van der Waals surface area contributed by atoms with E-state index in [1.807, 2.05) is 12.1 Å². The van der Waals surface area contributed by atoms with Crippen LogP contribution in [0, 0.1) is 0 Å². The third kappa shape index (κ3) is 1.67. The van der Waals surface area contributed by atoms with Gasteiger partial charge in [-0.2, -0.15) is 0 Å². The van der Waals surface area contributed by atoms with Crippen LogP contribution in [0.2, 0.25) is 0 Å². The smallest absolute Gasteiger partial charge is 0.128 e. The molecule has 86 valence electrons. The molecule has 2 rings (SSSR count). The van der Waals surface area contributed by atoms with E-state index in [-0.39, 0.29) is 0 Å². The molecular weight excluding hydrogens is 200 g/mol. The topological polar surface area (TPSA) is 40.2 Å². The molecule has 0 amide bonds. The Balaban J connectivity index is 2.65. The summed E-state index contributed by atoms with van der Waals surface area (Å²) in [6.07, 6.45) is 0.908. The van der Waals surface area contributed by atoms with Gasteiger partial charge in [-0.1, -0.05) is 6.07 Å². The van der Waals surface area contributed by atoms with Crippen molar-refractivity contribution in [3.05, 3.63) is 30.0 Å². The minimum absolute atomic E-state index is 0.679. The summed E-state index contributed by atoms with van der Waals surface area (Å²) in [5.74, 6) is 0.933. The van der Waals surface area contributed by atoms with Crippen molar-refractivity contribution >= 4 is 10.9 Å². The number of hydrogen-bond donors (Lipinski definition) is 1. The first kappa shape index (κ1) is 11.0. The van der Waals surface area contributed by atoms with Crippen LogP contribution in [0.5, 0.6) is 5.75 Å². The number of methoxy groups -OCH3 is 1. The van der Waals surface area contributed by atoms with Gasteiger partial charge in [0.2, 0.25) is 0 Å². The van der Waals surface area contributed by atoms with E-state index in [1.54, 1.807) is 7.11 Å². The van der Waals surface area contributed by atoms with Gasteiger partial charge in [-0.25, -0.2) is 0 Å². The second-order valence-corrected chi connectivity index (χ2v) is 3.81. The molecule has 1 heterocycles. The molecule has 1 aromatic carbocycles. The predicted molar refractivity (Wildman–Crippen MR) is 66.9 cm³/mol. The fraction of sp³-hybridized carbons (Fsp3) is 0.385. The summed E-state index contributed by atoms with van der Waals surface area (Å²) in [5, 5.41) is 1.18. The second kappa shape index (κ2) is 4.58. The molecule has 0 aliphatic rings. The van der Waals surface area contributed by atoms with Crippen LogP contribution in [0.25, 0.3) is 10.9 Å². The molecule has 16 heavy (non-hydrogen) atoms. The molecular formula is C13H18N2O. The van der Waals surface area contributed by atoms with Gasteiger partial charge >= 0.3 is 0 Å². The number of hydrogen-bond acceptors (Lipinski definition) is 2. The van der Waals surface area contributed by atoms with E-state index in [4.69, 9.17) is 10.5 Å². The molecule has 0 saturated carbocycles. The van der Waals surface area contributed by atoms with Crippen molar-refractivity contribution in [2.75, 3.05) is 13.7 Å². The number of ether oxygens (including phenoxy) is 1. The van der Waals surface area contributed by atoms with Gasteiger partial charge in [0.1, 0.15) is 5.75 Å². The van der Waals surface area contributed by atoms with Crippen molar-refractivity contribution in [3.8, 4) is 5.75 Å². The minimum atomic E-state index is 0.679. The number of fused-ring (bicyclic) bond motifs is 1. The SMILES string of the molecule is CCn1c(CCN)cc2c(OC)cccc21. The zero-order chi connectivity index (χ0) is 11.5. The van der Waals surface area contributed by atoms with Gasteiger partial charge in [-0.15, -0.1) is 0 Å². The Bertz CT molecular complexity index is 488. The first-order valence-corrected chi connectivity index (χ1v) is 5.67.